The van der Waals surface area contributed by atoms with E-state index in [1.54, 1.807) is 0 Å². The highest BCUT2D eigenvalue weighted by Gasteiger charge is 2.57. The molecule has 3 fully saturated rings. The minimum atomic E-state index is -4.99. The molecule has 6 rings (SSSR count). The summed E-state index contributed by atoms with van der Waals surface area (Å²) in [5.74, 6) is -0.499. The molecule has 3 aliphatic carbocycles. The van der Waals surface area contributed by atoms with Crippen molar-refractivity contribution in [3.63, 3.8) is 0 Å². The Hall–Kier alpha value is -2.33. The fourth-order valence-corrected chi connectivity index (χ4v) is 6.80. The van der Waals surface area contributed by atoms with Crippen LogP contribution >= 0.6 is 23.2 Å². The number of alkyl halides is 3. The van der Waals surface area contributed by atoms with Crippen molar-refractivity contribution >= 4 is 40.7 Å². The first kappa shape index (κ1) is 27.8. The molecule has 0 aromatic heterocycles. The lowest BCUT2D eigenvalue weighted by atomic mass is 9.78. The van der Waals surface area contributed by atoms with Gasteiger partial charge in [-0.25, -0.2) is 0 Å². The third-order valence-electron chi connectivity index (χ3n) is 8.78. The molecule has 0 radical (unpaired) electrons. The Bertz CT molecular complexity index is 1360. The maximum Gasteiger partial charge on any atom is 0.416 e. The van der Waals surface area contributed by atoms with Crippen LogP contribution in [0.5, 0.6) is 0 Å². The van der Waals surface area contributed by atoms with Gasteiger partial charge < -0.3 is 15.7 Å². The number of anilines is 1. The SMILES string of the molecule is NC(=O)c1cc2c(c(C(F)(F)F)c1)C(O)(c1ccc(Cl)cc1Cl)C(=O)N2C[C@H]1C[C@@H](N(CC2CC2)CC2CC2)C1. The predicted octanol–water partition coefficient (Wildman–Crippen LogP) is 5.59. The third kappa shape index (κ3) is 4.99. The lowest BCUT2D eigenvalue weighted by Gasteiger charge is -2.44. The molecular formula is C29H30Cl2F3N3O3. The maximum absolute atomic E-state index is 14.4. The van der Waals surface area contributed by atoms with E-state index in [9.17, 15) is 27.9 Å². The third-order valence-corrected chi connectivity index (χ3v) is 9.33. The predicted molar refractivity (Wildman–Crippen MR) is 145 cm³/mol. The zero-order valence-corrected chi connectivity index (χ0v) is 23.2. The topological polar surface area (TPSA) is 86.9 Å². The second-order valence-electron chi connectivity index (χ2n) is 11.9. The van der Waals surface area contributed by atoms with Gasteiger partial charge in [0.2, 0.25) is 5.91 Å². The first-order valence-electron chi connectivity index (χ1n) is 13.7. The Labute approximate surface area is 240 Å². The molecule has 1 atom stereocenters. The fraction of sp³-hybridized carbons (Fsp3) is 0.517. The molecule has 3 N–H and O–H groups in total. The van der Waals surface area contributed by atoms with Gasteiger partial charge in [0.05, 0.1) is 11.3 Å². The smallest absolute Gasteiger partial charge is 0.372 e. The Balaban J connectivity index is 1.36. The molecule has 40 heavy (non-hydrogen) atoms. The molecule has 214 valence electrons. The molecule has 6 nitrogen and oxygen atoms in total. The van der Waals surface area contributed by atoms with E-state index in [1.807, 2.05) is 0 Å². The Morgan fingerprint density at radius 3 is 2.20 bits per heavy atom. The van der Waals surface area contributed by atoms with Gasteiger partial charge in [-0.1, -0.05) is 29.3 Å². The second kappa shape index (κ2) is 9.89. The van der Waals surface area contributed by atoms with Gasteiger partial charge in [0, 0.05) is 52.4 Å². The zero-order chi connectivity index (χ0) is 28.6. The van der Waals surface area contributed by atoms with Crippen molar-refractivity contribution in [3.05, 3.63) is 62.6 Å². The molecular weight excluding hydrogens is 566 g/mol. The van der Waals surface area contributed by atoms with E-state index < -0.39 is 40.3 Å². The van der Waals surface area contributed by atoms with Gasteiger partial charge >= 0.3 is 6.18 Å². The van der Waals surface area contributed by atoms with Gasteiger partial charge in [0.1, 0.15) is 0 Å². The summed E-state index contributed by atoms with van der Waals surface area (Å²) in [7, 11) is 0. The van der Waals surface area contributed by atoms with Crippen LogP contribution in [0.1, 0.15) is 65.6 Å². The van der Waals surface area contributed by atoms with E-state index in [4.69, 9.17) is 28.9 Å². The molecule has 3 saturated carbocycles. The number of primary amides is 1. The molecule has 0 saturated heterocycles. The van der Waals surface area contributed by atoms with Crippen LogP contribution in [0.3, 0.4) is 0 Å². The number of amides is 2. The normalized spacial score (nSPS) is 26.3. The van der Waals surface area contributed by atoms with Crippen LogP contribution in [-0.2, 0) is 16.6 Å². The molecule has 0 spiro atoms. The van der Waals surface area contributed by atoms with Crippen LogP contribution in [0, 0.1) is 17.8 Å². The van der Waals surface area contributed by atoms with E-state index in [-0.39, 0.29) is 33.8 Å². The molecule has 11 heteroatoms. The van der Waals surface area contributed by atoms with Gasteiger partial charge in [-0.05, 0) is 80.5 Å². The summed E-state index contributed by atoms with van der Waals surface area (Å²) < 4.78 is 43.2. The zero-order valence-electron chi connectivity index (χ0n) is 21.7. The maximum atomic E-state index is 14.4. The van der Waals surface area contributed by atoms with Crippen molar-refractivity contribution in [1.82, 2.24) is 4.90 Å². The number of fused-ring (bicyclic) bond motifs is 1. The van der Waals surface area contributed by atoms with Gasteiger partial charge in [-0.2, -0.15) is 13.2 Å². The molecule has 1 aliphatic heterocycles. The summed E-state index contributed by atoms with van der Waals surface area (Å²) in [6.45, 7) is 2.26. The minimum Gasteiger partial charge on any atom is -0.372 e. The number of carbonyl (C=O) groups is 2. The van der Waals surface area contributed by atoms with Crippen LogP contribution in [-0.4, -0.2) is 47.5 Å². The quantitative estimate of drug-likeness (QED) is 0.395. The average Bonchev–Trinajstić information content (AvgIpc) is 3.78. The van der Waals surface area contributed by atoms with Gasteiger partial charge in [-0.15, -0.1) is 0 Å². The molecule has 0 bridgehead atoms. The van der Waals surface area contributed by atoms with Crippen LogP contribution in [0.2, 0.25) is 10.0 Å². The molecule has 2 aromatic carbocycles. The van der Waals surface area contributed by atoms with Crippen molar-refractivity contribution in [2.75, 3.05) is 24.5 Å². The number of benzene rings is 2. The van der Waals surface area contributed by atoms with Crippen LogP contribution in [0.15, 0.2) is 30.3 Å². The number of hydrogen-bond donors (Lipinski definition) is 2. The molecule has 2 aromatic rings. The van der Waals surface area contributed by atoms with Crippen molar-refractivity contribution in [2.24, 2.45) is 23.5 Å². The number of aliphatic hydroxyl groups is 1. The van der Waals surface area contributed by atoms with Crippen molar-refractivity contribution < 1.29 is 27.9 Å². The highest BCUT2D eigenvalue weighted by Crippen LogP contribution is 2.53. The van der Waals surface area contributed by atoms with Crippen LogP contribution in [0.4, 0.5) is 18.9 Å². The van der Waals surface area contributed by atoms with Crippen LogP contribution in [0.25, 0.3) is 0 Å². The number of rotatable bonds is 9. The molecule has 1 unspecified atom stereocenters. The Morgan fingerprint density at radius 1 is 1.05 bits per heavy atom. The molecule has 1 heterocycles. The minimum absolute atomic E-state index is 0.0253. The first-order valence-corrected chi connectivity index (χ1v) is 14.4. The van der Waals surface area contributed by atoms with Crippen molar-refractivity contribution in [1.29, 1.82) is 0 Å². The Kier molecular flexibility index (Phi) is 6.88. The van der Waals surface area contributed by atoms with Gasteiger partial charge in [0.15, 0.2) is 5.60 Å². The monoisotopic (exact) mass is 595 g/mol. The summed E-state index contributed by atoms with van der Waals surface area (Å²) >= 11 is 12.3. The van der Waals surface area contributed by atoms with Crippen LogP contribution < -0.4 is 10.6 Å². The Morgan fingerprint density at radius 2 is 1.68 bits per heavy atom. The second-order valence-corrected chi connectivity index (χ2v) is 12.7. The molecule has 4 aliphatic rings. The van der Waals surface area contributed by atoms with Crippen molar-refractivity contribution in [3.8, 4) is 0 Å². The number of nitrogens with zero attached hydrogens (tertiary/aromatic N) is 2. The largest absolute Gasteiger partial charge is 0.416 e. The van der Waals surface area contributed by atoms with Crippen molar-refractivity contribution in [2.45, 2.75) is 56.3 Å². The van der Waals surface area contributed by atoms with E-state index in [0.717, 1.165) is 43.8 Å². The van der Waals surface area contributed by atoms with E-state index >= 15 is 0 Å². The van der Waals surface area contributed by atoms with E-state index in [0.29, 0.717) is 12.1 Å². The summed E-state index contributed by atoms with van der Waals surface area (Å²) in [4.78, 5) is 29.7. The molecule has 2 amide bonds. The van der Waals surface area contributed by atoms with E-state index in [2.05, 4.69) is 4.90 Å². The number of nitrogens with two attached hydrogens (primary N) is 1. The lowest BCUT2D eigenvalue weighted by molar-refractivity contribution is -0.142. The highest BCUT2D eigenvalue weighted by atomic mass is 35.5. The standard InChI is InChI=1S/C29H30Cl2F3N3O3/c30-19-5-6-21(23(31)11-19)28(40)25-22(29(32,33)34)9-18(26(35)38)10-24(25)37(27(28)39)14-17-7-20(8-17)36(12-15-1-2-15)13-16-3-4-16/h5-6,9-11,15-17,20,40H,1-4,7-8,12-14H2,(H2,35,38)/t17-,20+,28?. The van der Waals surface area contributed by atoms with Gasteiger partial charge in [-0.3, -0.25) is 14.5 Å². The lowest BCUT2D eigenvalue weighted by Crippen LogP contribution is -2.51. The summed E-state index contributed by atoms with van der Waals surface area (Å²) in [6, 6.07) is 5.99. The highest BCUT2D eigenvalue weighted by molar-refractivity contribution is 6.35. The van der Waals surface area contributed by atoms with Gasteiger partial charge in [0.25, 0.3) is 5.91 Å². The number of halogens is 5. The average molecular weight is 596 g/mol. The summed E-state index contributed by atoms with van der Waals surface area (Å²) in [6.07, 6.45) is 1.64. The fourth-order valence-electron chi connectivity index (χ4n) is 6.25. The number of hydrogen-bond acceptors (Lipinski definition) is 4. The number of carbonyl (C=O) groups excluding carboxylic acids is 2. The van der Waals surface area contributed by atoms with E-state index in [1.165, 1.54) is 48.8 Å². The summed E-state index contributed by atoms with van der Waals surface area (Å²) in [5.41, 5.74) is -0.104. The first-order chi connectivity index (χ1) is 18.9. The summed E-state index contributed by atoms with van der Waals surface area (Å²) in [5, 5.41) is 12.0.